The van der Waals surface area contributed by atoms with Crippen molar-refractivity contribution in [1.29, 1.82) is 0 Å². The molecule has 1 saturated carbocycles. The molecule has 134 valence electrons. The molecule has 7 nitrogen and oxygen atoms in total. The van der Waals surface area contributed by atoms with Gasteiger partial charge in [-0.15, -0.1) is 0 Å². The van der Waals surface area contributed by atoms with E-state index in [0.29, 0.717) is 18.4 Å². The third-order valence-electron chi connectivity index (χ3n) is 4.74. The fourth-order valence-electron chi connectivity index (χ4n) is 3.29. The molecule has 1 aliphatic carbocycles. The highest BCUT2D eigenvalue weighted by atomic mass is 19.1. The van der Waals surface area contributed by atoms with Crippen molar-refractivity contribution < 1.29 is 24.1 Å². The minimum atomic E-state index is -1.04. The Morgan fingerprint density at radius 2 is 2.20 bits per heavy atom. The van der Waals surface area contributed by atoms with E-state index in [1.807, 2.05) is 0 Å². The molecule has 1 fully saturated rings. The summed E-state index contributed by atoms with van der Waals surface area (Å²) in [5, 5.41) is 18.9. The average molecular weight is 350 g/mol. The molecule has 0 amide bonds. The van der Waals surface area contributed by atoms with Gasteiger partial charge in [-0.2, -0.15) is 0 Å². The number of aliphatic hydroxyl groups is 1. The van der Waals surface area contributed by atoms with Crippen LogP contribution in [0.2, 0.25) is 0 Å². The maximum Gasteiger partial charge on any atom is 0.309 e. The maximum atomic E-state index is 14.2. The molecule has 2 N–H and O–H groups in total. The molecule has 0 radical (unpaired) electrons. The second-order valence-electron chi connectivity index (χ2n) is 6.40. The smallest absolute Gasteiger partial charge is 0.309 e. The molecule has 1 aliphatic rings. The first kappa shape index (κ1) is 17.3. The number of fused-ring (bicyclic) bond motifs is 1. The van der Waals surface area contributed by atoms with Crippen LogP contribution in [0.15, 0.2) is 23.1 Å². The number of carboxylic acid groups (broad SMARTS) is 1. The average Bonchev–Trinajstić information content (AvgIpc) is 2.58. The second kappa shape index (κ2) is 6.79. The Hall–Kier alpha value is -2.48. The number of nitrogens with zero attached hydrogens (tertiary/aromatic N) is 2. The Bertz CT molecular complexity index is 866. The van der Waals surface area contributed by atoms with Crippen LogP contribution in [-0.4, -0.2) is 38.4 Å². The number of halogens is 1. The van der Waals surface area contributed by atoms with Gasteiger partial charge in [-0.05, 0) is 31.2 Å². The number of pyridine rings is 2. The zero-order valence-electron chi connectivity index (χ0n) is 13.7. The van der Waals surface area contributed by atoms with E-state index < -0.39 is 23.8 Å². The van der Waals surface area contributed by atoms with Gasteiger partial charge in [0.05, 0.1) is 30.3 Å². The van der Waals surface area contributed by atoms with Gasteiger partial charge in [-0.1, -0.05) is 0 Å². The molecule has 0 spiro atoms. The Labute approximate surface area is 142 Å². The van der Waals surface area contributed by atoms with E-state index in [4.69, 9.17) is 9.84 Å². The fraction of sp³-hybridized carbons (Fsp3) is 0.471. The van der Waals surface area contributed by atoms with E-state index in [2.05, 4.69) is 4.98 Å². The Balaban J connectivity index is 1.84. The van der Waals surface area contributed by atoms with E-state index in [-0.39, 0.29) is 35.8 Å². The number of ether oxygens (including phenoxy) is 1. The largest absolute Gasteiger partial charge is 0.488 e. The SMILES string of the molecule is Cn1c(=O)ccc2ncc(F)c(OCC3CCC(O)C(C(=O)O)C3)c21. The number of rotatable bonds is 4. The van der Waals surface area contributed by atoms with Crippen LogP contribution in [0.25, 0.3) is 11.0 Å². The molecule has 3 atom stereocenters. The standard InChI is InChI=1S/C17H19FN2O5/c1-20-14(22)5-3-12-15(20)16(11(18)7-19-12)25-8-9-2-4-13(21)10(6-9)17(23)24/h3,5,7,9-10,13,21H,2,4,6,8H2,1H3,(H,23,24). The van der Waals surface area contributed by atoms with Crippen molar-refractivity contribution in [1.82, 2.24) is 9.55 Å². The molecule has 3 unspecified atom stereocenters. The Morgan fingerprint density at radius 3 is 2.92 bits per heavy atom. The van der Waals surface area contributed by atoms with Gasteiger partial charge in [0.2, 0.25) is 0 Å². The lowest BCUT2D eigenvalue weighted by atomic mass is 9.80. The first-order chi connectivity index (χ1) is 11.9. The summed E-state index contributed by atoms with van der Waals surface area (Å²) in [7, 11) is 1.51. The first-order valence-corrected chi connectivity index (χ1v) is 8.06. The van der Waals surface area contributed by atoms with Crippen LogP contribution in [0.5, 0.6) is 5.75 Å². The maximum absolute atomic E-state index is 14.2. The molecule has 3 rings (SSSR count). The number of hydrogen-bond acceptors (Lipinski definition) is 5. The number of aromatic nitrogens is 2. The van der Waals surface area contributed by atoms with Crippen LogP contribution in [0.4, 0.5) is 4.39 Å². The summed E-state index contributed by atoms with van der Waals surface area (Å²) < 4.78 is 21.1. The summed E-state index contributed by atoms with van der Waals surface area (Å²) >= 11 is 0. The zero-order chi connectivity index (χ0) is 18.1. The molecular weight excluding hydrogens is 331 g/mol. The lowest BCUT2D eigenvalue weighted by molar-refractivity contribution is -0.148. The number of carboxylic acids is 1. The molecule has 25 heavy (non-hydrogen) atoms. The van der Waals surface area contributed by atoms with Gasteiger partial charge in [0.25, 0.3) is 5.56 Å². The van der Waals surface area contributed by atoms with Gasteiger partial charge in [-0.25, -0.2) is 4.39 Å². The number of carbonyl (C=O) groups is 1. The van der Waals surface area contributed by atoms with Crippen molar-refractivity contribution in [2.45, 2.75) is 25.4 Å². The summed E-state index contributed by atoms with van der Waals surface area (Å²) in [6.45, 7) is 0.107. The minimum Gasteiger partial charge on any atom is -0.488 e. The van der Waals surface area contributed by atoms with E-state index in [9.17, 15) is 19.1 Å². The van der Waals surface area contributed by atoms with Gasteiger partial charge < -0.3 is 19.5 Å². The summed E-state index contributed by atoms with van der Waals surface area (Å²) in [5.41, 5.74) is 0.385. The molecule has 2 aromatic rings. The van der Waals surface area contributed by atoms with Crippen molar-refractivity contribution in [2.75, 3.05) is 6.61 Å². The lowest BCUT2D eigenvalue weighted by Crippen LogP contribution is -2.36. The number of hydrogen-bond donors (Lipinski definition) is 2. The summed E-state index contributed by atoms with van der Waals surface area (Å²) in [4.78, 5) is 27.0. The van der Waals surface area contributed by atoms with Crippen molar-refractivity contribution >= 4 is 17.0 Å². The van der Waals surface area contributed by atoms with E-state index >= 15 is 0 Å². The normalized spacial score (nSPS) is 23.6. The van der Waals surface area contributed by atoms with Gasteiger partial charge in [0.1, 0.15) is 5.52 Å². The van der Waals surface area contributed by atoms with E-state index in [1.165, 1.54) is 23.7 Å². The van der Waals surface area contributed by atoms with Crippen molar-refractivity contribution in [2.24, 2.45) is 18.9 Å². The molecular formula is C17H19FN2O5. The topological polar surface area (TPSA) is 102 Å². The monoisotopic (exact) mass is 350 g/mol. The van der Waals surface area contributed by atoms with Crippen LogP contribution >= 0.6 is 0 Å². The fourth-order valence-corrected chi connectivity index (χ4v) is 3.29. The van der Waals surface area contributed by atoms with Crippen LogP contribution in [0.3, 0.4) is 0 Å². The predicted octanol–water partition coefficient (Wildman–Crippen LogP) is 1.31. The molecule has 0 aliphatic heterocycles. The van der Waals surface area contributed by atoms with Crippen LogP contribution in [-0.2, 0) is 11.8 Å². The highest BCUT2D eigenvalue weighted by Gasteiger charge is 2.34. The van der Waals surface area contributed by atoms with Gasteiger partial charge in [-0.3, -0.25) is 14.6 Å². The highest BCUT2D eigenvalue weighted by Crippen LogP contribution is 2.32. The molecule has 0 bridgehead atoms. The van der Waals surface area contributed by atoms with Crippen LogP contribution in [0, 0.1) is 17.7 Å². The minimum absolute atomic E-state index is 0.0665. The predicted molar refractivity (Wildman–Crippen MR) is 86.9 cm³/mol. The van der Waals surface area contributed by atoms with Crippen molar-refractivity contribution in [3.8, 4) is 5.75 Å². The van der Waals surface area contributed by atoms with E-state index in [1.54, 1.807) is 0 Å². The number of aliphatic hydroxyl groups excluding tert-OH is 1. The van der Waals surface area contributed by atoms with Crippen molar-refractivity contribution in [3.05, 3.63) is 34.5 Å². The van der Waals surface area contributed by atoms with E-state index in [0.717, 1.165) is 6.20 Å². The number of aryl methyl sites for hydroxylation is 1. The molecule has 2 aromatic heterocycles. The first-order valence-electron chi connectivity index (χ1n) is 8.06. The van der Waals surface area contributed by atoms with Gasteiger partial charge in [0, 0.05) is 13.1 Å². The third-order valence-corrected chi connectivity index (χ3v) is 4.74. The lowest BCUT2D eigenvalue weighted by Gasteiger charge is -2.30. The molecule has 0 aromatic carbocycles. The molecule has 8 heteroatoms. The number of aliphatic carboxylic acids is 1. The summed E-state index contributed by atoms with van der Waals surface area (Å²) in [6.07, 6.45) is 1.39. The molecule has 0 saturated heterocycles. The second-order valence-corrected chi connectivity index (χ2v) is 6.40. The van der Waals surface area contributed by atoms with Gasteiger partial charge in [0.15, 0.2) is 11.6 Å². The Kier molecular flexibility index (Phi) is 4.71. The Morgan fingerprint density at radius 1 is 1.44 bits per heavy atom. The molecule has 2 heterocycles. The van der Waals surface area contributed by atoms with Crippen molar-refractivity contribution in [3.63, 3.8) is 0 Å². The van der Waals surface area contributed by atoms with Crippen LogP contribution < -0.4 is 10.3 Å². The summed E-state index contributed by atoms with van der Waals surface area (Å²) in [5.74, 6) is -2.75. The summed E-state index contributed by atoms with van der Waals surface area (Å²) in [6, 6.07) is 2.85. The van der Waals surface area contributed by atoms with Gasteiger partial charge >= 0.3 is 5.97 Å². The highest BCUT2D eigenvalue weighted by molar-refractivity contribution is 5.81. The van der Waals surface area contributed by atoms with Crippen LogP contribution in [0.1, 0.15) is 19.3 Å². The zero-order valence-corrected chi connectivity index (χ0v) is 13.7. The quantitative estimate of drug-likeness (QED) is 0.862. The third kappa shape index (κ3) is 3.34.